The Morgan fingerprint density at radius 3 is 2.14 bits per heavy atom. The molecular weight excluding hydrogens is 278 g/mol. The first-order valence-corrected chi connectivity index (χ1v) is 8.90. The fraction of sp³-hybridized carbons (Fsp3) is 0.824. The van der Waals surface area contributed by atoms with Crippen LogP contribution in [-0.4, -0.2) is 23.6 Å². The van der Waals surface area contributed by atoms with Gasteiger partial charge < -0.3 is 10.2 Å². The van der Waals surface area contributed by atoms with Crippen molar-refractivity contribution < 1.29 is 0 Å². The maximum absolute atomic E-state index is 4.98. The number of nitrogens with zero attached hydrogens (tertiary/aromatic N) is 2. The highest BCUT2D eigenvalue weighted by Crippen LogP contribution is 2.34. The van der Waals surface area contributed by atoms with E-state index in [2.05, 4.69) is 65.6 Å². The minimum absolute atomic E-state index is 0.0925. The van der Waals surface area contributed by atoms with E-state index < -0.39 is 0 Å². The van der Waals surface area contributed by atoms with Crippen LogP contribution in [0.5, 0.6) is 0 Å². The fourth-order valence-corrected chi connectivity index (χ4v) is 3.48. The first kappa shape index (κ1) is 18.4. The van der Waals surface area contributed by atoms with Crippen LogP contribution in [0, 0.1) is 0 Å². The molecule has 0 saturated carbocycles. The van der Waals surface area contributed by atoms with Gasteiger partial charge >= 0.3 is 0 Å². The van der Waals surface area contributed by atoms with Crippen molar-refractivity contribution in [2.75, 3.05) is 18.0 Å². The zero-order valence-electron chi connectivity index (χ0n) is 15.1. The quantitative estimate of drug-likeness (QED) is 0.834. The Labute approximate surface area is 135 Å². The number of hydrogen-bond donors (Lipinski definition) is 1. The highest BCUT2D eigenvalue weighted by atomic mass is 32.1. The summed E-state index contributed by atoms with van der Waals surface area (Å²) in [6, 6.07) is 0. The van der Waals surface area contributed by atoms with Gasteiger partial charge in [0.2, 0.25) is 0 Å². The van der Waals surface area contributed by atoms with Crippen molar-refractivity contribution in [2.24, 2.45) is 0 Å². The van der Waals surface area contributed by atoms with Crippen LogP contribution in [0.3, 0.4) is 0 Å². The summed E-state index contributed by atoms with van der Waals surface area (Å²) >= 11 is 1.85. The normalized spacial score (nSPS) is 12.8. The summed E-state index contributed by atoms with van der Waals surface area (Å²) in [5, 5.41) is 4.78. The van der Waals surface area contributed by atoms with Gasteiger partial charge in [-0.2, -0.15) is 0 Å². The third kappa shape index (κ3) is 5.59. The van der Waals surface area contributed by atoms with Gasteiger partial charge in [0.15, 0.2) is 5.13 Å². The Bertz CT molecular complexity index is 438. The summed E-state index contributed by atoms with van der Waals surface area (Å²) in [6.07, 6.45) is 1.16. The molecule has 0 bridgehead atoms. The number of rotatable bonds is 6. The number of thiazole rings is 1. The van der Waals surface area contributed by atoms with Gasteiger partial charge in [-0.25, -0.2) is 4.98 Å². The van der Waals surface area contributed by atoms with E-state index in [1.807, 2.05) is 11.3 Å². The predicted octanol–water partition coefficient (Wildman–Crippen LogP) is 4.57. The molecular formula is C17H33N3S. The third-order valence-electron chi connectivity index (χ3n) is 3.32. The van der Waals surface area contributed by atoms with Crippen molar-refractivity contribution >= 4 is 16.5 Å². The lowest BCUT2D eigenvalue weighted by atomic mass is 9.91. The minimum Gasteiger partial charge on any atom is -0.348 e. The number of hydrogen-bond acceptors (Lipinski definition) is 4. The van der Waals surface area contributed by atoms with Crippen LogP contribution in [0.25, 0.3) is 0 Å². The summed E-state index contributed by atoms with van der Waals surface area (Å²) in [7, 11) is 0. The Morgan fingerprint density at radius 2 is 1.71 bits per heavy atom. The fourth-order valence-electron chi connectivity index (χ4n) is 2.18. The van der Waals surface area contributed by atoms with Gasteiger partial charge in [-0.15, -0.1) is 11.3 Å². The highest BCUT2D eigenvalue weighted by molar-refractivity contribution is 7.15. The molecule has 21 heavy (non-hydrogen) atoms. The second-order valence-corrected chi connectivity index (χ2v) is 8.76. The Balaban J connectivity index is 3.07. The van der Waals surface area contributed by atoms with E-state index in [4.69, 9.17) is 4.98 Å². The average molecular weight is 312 g/mol. The van der Waals surface area contributed by atoms with Gasteiger partial charge in [0.25, 0.3) is 0 Å². The lowest BCUT2D eigenvalue weighted by molar-refractivity contribution is 0.422. The minimum atomic E-state index is 0.0925. The van der Waals surface area contributed by atoms with E-state index in [9.17, 15) is 0 Å². The molecule has 0 saturated heterocycles. The highest BCUT2D eigenvalue weighted by Gasteiger charge is 2.25. The van der Waals surface area contributed by atoms with Crippen molar-refractivity contribution in [3.05, 3.63) is 10.6 Å². The lowest BCUT2D eigenvalue weighted by Crippen LogP contribution is -2.35. The molecule has 0 aliphatic carbocycles. The van der Waals surface area contributed by atoms with E-state index in [1.54, 1.807) is 0 Å². The van der Waals surface area contributed by atoms with Crippen molar-refractivity contribution in [1.29, 1.82) is 0 Å². The molecule has 1 aromatic heterocycles. The Morgan fingerprint density at radius 1 is 1.10 bits per heavy atom. The molecule has 0 spiro atoms. The first-order valence-electron chi connectivity index (χ1n) is 8.08. The molecule has 1 N–H and O–H groups in total. The molecule has 0 aliphatic rings. The van der Waals surface area contributed by atoms with Crippen molar-refractivity contribution in [2.45, 2.75) is 79.3 Å². The maximum atomic E-state index is 4.98. The summed E-state index contributed by atoms with van der Waals surface area (Å²) in [4.78, 5) is 8.74. The molecule has 1 rings (SSSR count). The van der Waals surface area contributed by atoms with E-state index in [-0.39, 0.29) is 11.0 Å². The maximum Gasteiger partial charge on any atom is 0.185 e. The summed E-state index contributed by atoms with van der Waals surface area (Å²) in [5.41, 5.74) is 1.47. The Kier molecular flexibility index (Phi) is 6.23. The molecule has 3 nitrogen and oxygen atoms in total. The molecule has 0 unspecified atom stereocenters. The van der Waals surface area contributed by atoms with Crippen LogP contribution in [0.4, 0.5) is 5.13 Å². The van der Waals surface area contributed by atoms with E-state index >= 15 is 0 Å². The molecule has 0 aromatic carbocycles. The van der Waals surface area contributed by atoms with Gasteiger partial charge in [-0.05, 0) is 34.1 Å². The Hall–Kier alpha value is -0.610. The standard InChI is InChI=1S/C17H33N3S/c1-9-11-20(10-2)15-19-14(16(3,4)5)13(21-15)12-18-17(6,7)8/h18H,9-12H2,1-8H3. The summed E-state index contributed by atoms with van der Waals surface area (Å²) < 4.78 is 0. The van der Waals surface area contributed by atoms with Crippen molar-refractivity contribution in [3.8, 4) is 0 Å². The van der Waals surface area contributed by atoms with Gasteiger partial charge in [-0.1, -0.05) is 27.7 Å². The zero-order chi connectivity index (χ0) is 16.3. The molecule has 0 atom stereocenters. The molecule has 0 aliphatic heterocycles. The van der Waals surface area contributed by atoms with Crippen molar-refractivity contribution in [3.63, 3.8) is 0 Å². The topological polar surface area (TPSA) is 28.2 Å². The van der Waals surface area contributed by atoms with E-state index in [0.29, 0.717) is 0 Å². The monoisotopic (exact) mass is 311 g/mol. The molecule has 0 radical (unpaired) electrons. The molecule has 0 fully saturated rings. The van der Waals surface area contributed by atoms with Crippen LogP contribution in [0.2, 0.25) is 0 Å². The van der Waals surface area contributed by atoms with Crippen LogP contribution in [-0.2, 0) is 12.0 Å². The second-order valence-electron chi connectivity index (χ2n) is 7.70. The van der Waals surface area contributed by atoms with Crippen LogP contribution < -0.4 is 10.2 Å². The van der Waals surface area contributed by atoms with Crippen LogP contribution in [0.1, 0.15) is 72.4 Å². The molecule has 4 heteroatoms. The third-order valence-corrected chi connectivity index (χ3v) is 4.44. The van der Waals surface area contributed by atoms with Gasteiger partial charge in [0.05, 0.1) is 5.69 Å². The van der Waals surface area contributed by atoms with Crippen LogP contribution >= 0.6 is 11.3 Å². The van der Waals surface area contributed by atoms with Gasteiger partial charge in [-0.3, -0.25) is 0 Å². The average Bonchev–Trinajstić information content (AvgIpc) is 2.76. The van der Waals surface area contributed by atoms with E-state index in [1.165, 1.54) is 15.7 Å². The van der Waals surface area contributed by atoms with Crippen molar-refractivity contribution in [1.82, 2.24) is 10.3 Å². The van der Waals surface area contributed by atoms with E-state index in [0.717, 1.165) is 26.1 Å². The zero-order valence-corrected chi connectivity index (χ0v) is 15.9. The van der Waals surface area contributed by atoms with Crippen LogP contribution in [0.15, 0.2) is 0 Å². The molecule has 0 amide bonds. The smallest absolute Gasteiger partial charge is 0.185 e. The molecule has 122 valence electrons. The molecule has 1 heterocycles. The van der Waals surface area contributed by atoms with Gasteiger partial charge in [0.1, 0.15) is 0 Å². The van der Waals surface area contributed by atoms with Gasteiger partial charge in [0, 0.05) is 35.5 Å². The summed E-state index contributed by atoms with van der Waals surface area (Å²) in [6.45, 7) is 20.8. The SMILES string of the molecule is CCCN(CC)c1nc(C(C)(C)C)c(CNC(C)(C)C)s1. The number of anilines is 1. The number of nitrogens with one attached hydrogen (secondary N) is 1. The largest absolute Gasteiger partial charge is 0.348 e. The predicted molar refractivity (Wildman–Crippen MR) is 95.6 cm³/mol. The second kappa shape index (κ2) is 7.10. The first-order chi connectivity index (χ1) is 9.58. The number of aromatic nitrogens is 1. The molecule has 1 aromatic rings. The lowest BCUT2D eigenvalue weighted by Gasteiger charge is -2.22. The summed E-state index contributed by atoms with van der Waals surface area (Å²) in [5.74, 6) is 0.